The second kappa shape index (κ2) is 4.61. The summed E-state index contributed by atoms with van der Waals surface area (Å²) in [5.74, 6) is 0.912. The minimum atomic E-state index is 0.416. The Balaban J connectivity index is 1.98. The Hall–Kier alpha value is -1.43. The zero-order valence-electron chi connectivity index (χ0n) is 9.65. The normalized spacial score (nSPS) is 16.8. The summed E-state index contributed by atoms with van der Waals surface area (Å²) >= 11 is 0. The summed E-state index contributed by atoms with van der Waals surface area (Å²) in [6.45, 7) is 4.08. The predicted octanol–water partition coefficient (Wildman–Crippen LogP) is 0.152. The molecule has 1 aliphatic heterocycles. The molecule has 0 aromatic carbocycles. The Morgan fingerprint density at radius 2 is 1.94 bits per heavy atom. The van der Waals surface area contributed by atoms with Gasteiger partial charge >= 0.3 is 0 Å². The zero-order valence-corrected chi connectivity index (χ0v) is 9.65. The van der Waals surface area contributed by atoms with Crippen molar-refractivity contribution in [2.75, 3.05) is 38.2 Å². The van der Waals surface area contributed by atoms with E-state index in [1.807, 2.05) is 0 Å². The molecule has 2 rings (SSSR count). The number of rotatable bonds is 4. The highest BCUT2D eigenvalue weighted by atomic mass is 16.5. The van der Waals surface area contributed by atoms with Crippen LogP contribution in [-0.2, 0) is 6.54 Å². The lowest BCUT2D eigenvalue weighted by Gasteiger charge is -2.14. The number of ether oxygens (including phenoxy) is 1. The number of likely N-dealkylation sites (tertiary alicyclic amines) is 1. The van der Waals surface area contributed by atoms with Crippen LogP contribution in [0.1, 0.15) is 12.8 Å². The van der Waals surface area contributed by atoms with Crippen molar-refractivity contribution in [1.29, 1.82) is 0 Å². The van der Waals surface area contributed by atoms with Crippen molar-refractivity contribution < 1.29 is 4.74 Å². The van der Waals surface area contributed by atoms with Gasteiger partial charge in [0.15, 0.2) is 0 Å². The second-order valence-electron chi connectivity index (χ2n) is 4.08. The molecule has 0 atom stereocenters. The van der Waals surface area contributed by atoms with Gasteiger partial charge in [0.05, 0.1) is 13.7 Å². The van der Waals surface area contributed by atoms with Crippen LogP contribution in [0, 0.1) is 0 Å². The number of methoxy groups -OCH3 is 1. The number of nitrogens with two attached hydrogens (primary N) is 2. The molecule has 1 aliphatic rings. The van der Waals surface area contributed by atoms with Gasteiger partial charge in [0.1, 0.15) is 11.5 Å². The average Bonchev–Trinajstić information content (AvgIpc) is 2.88. The maximum Gasteiger partial charge on any atom is 0.258 e. The molecule has 2 heterocycles. The fourth-order valence-electron chi connectivity index (χ4n) is 2.03. The number of anilines is 2. The molecular formula is C10H19N5O. The largest absolute Gasteiger partial charge is 0.478 e. The fraction of sp³-hybridized carbons (Fsp3) is 0.700. The van der Waals surface area contributed by atoms with E-state index in [1.54, 1.807) is 11.8 Å². The van der Waals surface area contributed by atoms with Gasteiger partial charge in [-0.2, -0.15) is 0 Å². The minimum Gasteiger partial charge on any atom is -0.478 e. The van der Waals surface area contributed by atoms with Crippen LogP contribution in [-0.4, -0.2) is 41.4 Å². The lowest BCUT2D eigenvalue weighted by molar-refractivity contribution is 0.313. The van der Waals surface area contributed by atoms with Crippen molar-refractivity contribution in [2.45, 2.75) is 19.4 Å². The Bertz CT molecular complexity index is 356. The van der Waals surface area contributed by atoms with Gasteiger partial charge in [0, 0.05) is 6.54 Å². The maximum absolute atomic E-state index is 5.84. The topological polar surface area (TPSA) is 82.3 Å². The smallest absolute Gasteiger partial charge is 0.258 e. The molecule has 0 bridgehead atoms. The zero-order chi connectivity index (χ0) is 11.5. The number of hydrogen-bond donors (Lipinski definition) is 2. The summed E-state index contributed by atoms with van der Waals surface area (Å²) in [6.07, 6.45) is 2.58. The van der Waals surface area contributed by atoms with Crippen LogP contribution >= 0.6 is 0 Å². The van der Waals surface area contributed by atoms with Crippen LogP contribution in [0.2, 0.25) is 0 Å². The lowest BCUT2D eigenvalue weighted by atomic mass is 10.4. The van der Waals surface area contributed by atoms with Crippen LogP contribution < -0.4 is 16.2 Å². The van der Waals surface area contributed by atoms with Gasteiger partial charge in [-0.15, -0.1) is 5.10 Å². The van der Waals surface area contributed by atoms with Crippen molar-refractivity contribution in [2.24, 2.45) is 0 Å². The quantitative estimate of drug-likeness (QED) is 0.762. The second-order valence-corrected chi connectivity index (χ2v) is 4.08. The van der Waals surface area contributed by atoms with Crippen LogP contribution in [0.4, 0.5) is 11.5 Å². The minimum absolute atomic E-state index is 0.416. The standard InChI is InChI=1S/C10H19N5O/c1-16-10-8(11)9(12)15(13-10)7-6-14-4-2-3-5-14/h2-7,11-12H2,1H3. The molecule has 6 nitrogen and oxygen atoms in total. The van der Waals surface area contributed by atoms with Crippen LogP contribution in [0.25, 0.3) is 0 Å². The van der Waals surface area contributed by atoms with E-state index < -0.39 is 0 Å². The first-order chi connectivity index (χ1) is 7.72. The first-order valence-electron chi connectivity index (χ1n) is 5.60. The van der Waals surface area contributed by atoms with Crippen LogP contribution in [0.3, 0.4) is 0 Å². The van der Waals surface area contributed by atoms with Crippen molar-refractivity contribution in [3.8, 4) is 5.88 Å². The van der Waals surface area contributed by atoms with Crippen molar-refractivity contribution in [3.63, 3.8) is 0 Å². The van der Waals surface area contributed by atoms with Crippen LogP contribution in [0.15, 0.2) is 0 Å². The summed E-state index contributed by atoms with van der Waals surface area (Å²) in [6, 6.07) is 0. The average molecular weight is 225 g/mol. The molecule has 0 unspecified atom stereocenters. The third kappa shape index (κ3) is 2.06. The number of aromatic nitrogens is 2. The van der Waals surface area contributed by atoms with E-state index in [0.29, 0.717) is 17.4 Å². The molecule has 0 amide bonds. The highest BCUT2D eigenvalue weighted by Gasteiger charge is 2.15. The molecule has 0 radical (unpaired) electrons. The van der Waals surface area contributed by atoms with Gasteiger partial charge in [-0.25, -0.2) is 4.68 Å². The molecule has 90 valence electrons. The van der Waals surface area contributed by atoms with Gasteiger partial charge in [-0.1, -0.05) is 0 Å². The SMILES string of the molecule is COc1nn(CCN2CCCC2)c(N)c1N. The maximum atomic E-state index is 5.84. The highest BCUT2D eigenvalue weighted by Crippen LogP contribution is 2.25. The van der Waals surface area contributed by atoms with Gasteiger partial charge in [0.2, 0.25) is 0 Å². The van der Waals surface area contributed by atoms with Crippen LogP contribution in [0.5, 0.6) is 5.88 Å². The van der Waals surface area contributed by atoms with E-state index >= 15 is 0 Å². The first-order valence-corrected chi connectivity index (χ1v) is 5.60. The summed E-state index contributed by atoms with van der Waals surface area (Å²) in [5, 5.41) is 4.21. The molecule has 0 aliphatic carbocycles. The van der Waals surface area contributed by atoms with Crippen molar-refractivity contribution in [3.05, 3.63) is 0 Å². The molecule has 0 spiro atoms. The van der Waals surface area contributed by atoms with Gasteiger partial charge in [-0.05, 0) is 25.9 Å². The summed E-state index contributed by atoms with van der Waals surface area (Å²) < 4.78 is 6.74. The fourth-order valence-corrected chi connectivity index (χ4v) is 2.03. The van der Waals surface area contributed by atoms with E-state index in [1.165, 1.54) is 25.9 Å². The van der Waals surface area contributed by atoms with Crippen molar-refractivity contribution >= 4 is 11.5 Å². The van der Waals surface area contributed by atoms with Gasteiger partial charge < -0.3 is 21.1 Å². The molecule has 1 aromatic rings. The Morgan fingerprint density at radius 3 is 2.50 bits per heavy atom. The van der Waals surface area contributed by atoms with Crippen molar-refractivity contribution in [1.82, 2.24) is 14.7 Å². The molecule has 1 aromatic heterocycles. The summed E-state index contributed by atoms with van der Waals surface area (Å²) in [7, 11) is 1.54. The first kappa shape index (κ1) is 11.1. The Kier molecular flexibility index (Phi) is 3.19. The molecule has 6 heteroatoms. The molecule has 16 heavy (non-hydrogen) atoms. The Labute approximate surface area is 95.1 Å². The van der Waals surface area contributed by atoms with Gasteiger partial charge in [-0.3, -0.25) is 0 Å². The molecule has 0 saturated carbocycles. The van der Waals surface area contributed by atoms with E-state index in [2.05, 4.69) is 10.00 Å². The molecule has 1 saturated heterocycles. The Morgan fingerprint density at radius 1 is 1.25 bits per heavy atom. The van der Waals surface area contributed by atoms with Gasteiger partial charge in [0.25, 0.3) is 5.88 Å². The third-order valence-electron chi connectivity index (χ3n) is 3.02. The van der Waals surface area contributed by atoms with E-state index in [4.69, 9.17) is 16.2 Å². The lowest BCUT2D eigenvalue weighted by Crippen LogP contribution is -2.25. The summed E-state index contributed by atoms with van der Waals surface area (Å²) in [4.78, 5) is 2.41. The monoisotopic (exact) mass is 225 g/mol. The molecular weight excluding hydrogens is 206 g/mol. The number of nitrogen functional groups attached to an aromatic ring is 2. The van der Waals surface area contributed by atoms with E-state index in [9.17, 15) is 0 Å². The molecule has 4 N–H and O–H groups in total. The summed E-state index contributed by atoms with van der Waals surface area (Å²) in [5.41, 5.74) is 12.0. The third-order valence-corrected chi connectivity index (χ3v) is 3.02. The number of nitrogens with zero attached hydrogens (tertiary/aromatic N) is 3. The van der Waals surface area contributed by atoms with E-state index in [-0.39, 0.29) is 0 Å². The number of hydrogen-bond acceptors (Lipinski definition) is 5. The van der Waals surface area contributed by atoms with E-state index in [0.717, 1.165) is 13.1 Å². The highest BCUT2D eigenvalue weighted by molar-refractivity contribution is 5.65. The predicted molar refractivity (Wildman–Crippen MR) is 63.3 cm³/mol. The molecule has 1 fully saturated rings.